The van der Waals surface area contributed by atoms with Crippen molar-refractivity contribution < 1.29 is 0 Å². The zero-order valence-electron chi connectivity index (χ0n) is 14.0. The van der Waals surface area contributed by atoms with E-state index in [1.165, 1.54) is 56.6 Å². The number of nitrogens with zero attached hydrogens (tertiary/aromatic N) is 2. The lowest BCUT2D eigenvalue weighted by molar-refractivity contribution is 0.156. The summed E-state index contributed by atoms with van der Waals surface area (Å²) >= 11 is 1.76. The van der Waals surface area contributed by atoms with E-state index >= 15 is 0 Å². The van der Waals surface area contributed by atoms with Crippen LogP contribution in [0.2, 0.25) is 0 Å². The molecule has 1 aromatic heterocycles. The molecule has 2 saturated heterocycles. The number of benzene rings is 1. The maximum absolute atomic E-state index is 4.84. The van der Waals surface area contributed by atoms with E-state index in [0.717, 1.165) is 23.5 Å². The van der Waals surface area contributed by atoms with E-state index in [1.807, 2.05) is 0 Å². The molecule has 0 radical (unpaired) electrons. The summed E-state index contributed by atoms with van der Waals surface area (Å²) in [6, 6.07) is 11.3. The Morgan fingerprint density at radius 2 is 1.92 bits per heavy atom. The van der Waals surface area contributed by atoms with E-state index in [-0.39, 0.29) is 12.4 Å². The topological polar surface area (TPSA) is 28.2 Å². The first-order chi connectivity index (χ1) is 11.4. The molecule has 1 atom stereocenters. The van der Waals surface area contributed by atoms with Gasteiger partial charge in [0.05, 0.1) is 5.69 Å². The van der Waals surface area contributed by atoms with Crippen molar-refractivity contribution in [2.45, 2.75) is 38.3 Å². The fraction of sp³-hybridized carbons (Fsp3) is 0.526. The molecular weight excluding hydrogens is 338 g/mol. The standard InChI is InChI=1S/C19H25N3S.ClH/c1-2-5-16(6-3-1)19-21-17(14-23-19)13-22-11-8-15(9-12-22)18-7-4-10-20-18;/h1-3,5-6,14-15,18,20H,4,7-13H2;1H. The molecule has 2 fully saturated rings. The van der Waals surface area contributed by atoms with Gasteiger partial charge in [-0.1, -0.05) is 30.3 Å². The summed E-state index contributed by atoms with van der Waals surface area (Å²) in [5, 5.41) is 7.06. The molecule has 5 heteroatoms. The third-order valence-electron chi connectivity index (χ3n) is 5.26. The summed E-state index contributed by atoms with van der Waals surface area (Å²) in [4.78, 5) is 7.41. The molecule has 2 aromatic rings. The van der Waals surface area contributed by atoms with Crippen molar-refractivity contribution in [3.63, 3.8) is 0 Å². The highest BCUT2D eigenvalue weighted by Gasteiger charge is 2.28. The minimum Gasteiger partial charge on any atom is -0.314 e. The predicted octanol–water partition coefficient (Wildman–Crippen LogP) is 4.20. The van der Waals surface area contributed by atoms with Crippen molar-refractivity contribution in [2.24, 2.45) is 5.92 Å². The largest absolute Gasteiger partial charge is 0.314 e. The lowest BCUT2D eigenvalue weighted by Crippen LogP contribution is -2.40. The fourth-order valence-corrected chi connectivity index (χ4v) is 4.77. The zero-order valence-corrected chi connectivity index (χ0v) is 15.6. The van der Waals surface area contributed by atoms with E-state index in [4.69, 9.17) is 4.98 Å². The maximum Gasteiger partial charge on any atom is 0.123 e. The molecule has 3 heterocycles. The van der Waals surface area contributed by atoms with Crippen LogP contribution in [0.4, 0.5) is 0 Å². The average Bonchev–Trinajstić information content (AvgIpc) is 3.28. The fourth-order valence-electron chi connectivity index (χ4n) is 3.95. The molecule has 2 aliphatic rings. The number of thiazole rings is 1. The number of piperidine rings is 1. The summed E-state index contributed by atoms with van der Waals surface area (Å²) in [5.41, 5.74) is 2.46. The number of hydrogen-bond acceptors (Lipinski definition) is 4. The quantitative estimate of drug-likeness (QED) is 0.882. The molecule has 0 spiro atoms. The van der Waals surface area contributed by atoms with Crippen LogP contribution in [-0.4, -0.2) is 35.6 Å². The molecule has 1 aromatic carbocycles. The van der Waals surface area contributed by atoms with Crippen molar-refractivity contribution >= 4 is 23.7 Å². The molecule has 4 rings (SSSR count). The highest BCUT2D eigenvalue weighted by Crippen LogP contribution is 2.28. The number of likely N-dealkylation sites (tertiary alicyclic amines) is 1. The van der Waals surface area contributed by atoms with Crippen LogP contribution in [0, 0.1) is 5.92 Å². The number of aromatic nitrogens is 1. The van der Waals surface area contributed by atoms with Crippen LogP contribution < -0.4 is 5.32 Å². The molecule has 0 amide bonds. The van der Waals surface area contributed by atoms with Crippen LogP contribution in [0.5, 0.6) is 0 Å². The number of hydrogen-bond donors (Lipinski definition) is 1. The molecule has 1 N–H and O–H groups in total. The van der Waals surface area contributed by atoms with Crippen molar-refractivity contribution in [3.05, 3.63) is 41.4 Å². The average molecular weight is 364 g/mol. The van der Waals surface area contributed by atoms with Gasteiger partial charge in [-0.2, -0.15) is 0 Å². The lowest BCUT2D eigenvalue weighted by Gasteiger charge is -2.34. The van der Waals surface area contributed by atoms with Gasteiger partial charge in [0.25, 0.3) is 0 Å². The Morgan fingerprint density at radius 3 is 2.62 bits per heavy atom. The van der Waals surface area contributed by atoms with Crippen LogP contribution in [0.1, 0.15) is 31.4 Å². The molecule has 3 nitrogen and oxygen atoms in total. The number of rotatable bonds is 4. The van der Waals surface area contributed by atoms with Gasteiger partial charge in [0.15, 0.2) is 0 Å². The minimum absolute atomic E-state index is 0. The highest BCUT2D eigenvalue weighted by molar-refractivity contribution is 7.13. The van der Waals surface area contributed by atoms with E-state index in [2.05, 4.69) is 45.9 Å². The minimum atomic E-state index is 0. The molecule has 0 bridgehead atoms. The van der Waals surface area contributed by atoms with Crippen LogP contribution in [0.25, 0.3) is 10.6 Å². The summed E-state index contributed by atoms with van der Waals surface area (Å²) in [6.45, 7) is 4.68. The molecule has 1 unspecified atom stereocenters. The van der Waals surface area contributed by atoms with E-state index < -0.39 is 0 Å². The normalized spacial score (nSPS) is 22.4. The molecule has 2 aliphatic heterocycles. The van der Waals surface area contributed by atoms with E-state index in [0.29, 0.717) is 0 Å². The van der Waals surface area contributed by atoms with Crippen molar-refractivity contribution in [1.82, 2.24) is 15.2 Å². The smallest absolute Gasteiger partial charge is 0.123 e. The number of nitrogens with one attached hydrogen (secondary N) is 1. The van der Waals surface area contributed by atoms with Crippen molar-refractivity contribution in [3.8, 4) is 10.6 Å². The van der Waals surface area contributed by atoms with Crippen LogP contribution in [0.3, 0.4) is 0 Å². The van der Waals surface area contributed by atoms with E-state index in [9.17, 15) is 0 Å². The van der Waals surface area contributed by atoms with Gasteiger partial charge in [0.1, 0.15) is 5.01 Å². The predicted molar refractivity (Wildman–Crippen MR) is 104 cm³/mol. The van der Waals surface area contributed by atoms with Gasteiger partial charge in [0.2, 0.25) is 0 Å². The second-order valence-electron chi connectivity index (χ2n) is 6.83. The molecular formula is C19H26ClN3S. The highest BCUT2D eigenvalue weighted by atomic mass is 35.5. The number of halogens is 1. The molecule has 0 aliphatic carbocycles. The maximum atomic E-state index is 4.84. The molecule has 130 valence electrons. The first-order valence-corrected chi connectivity index (χ1v) is 9.72. The van der Waals surface area contributed by atoms with E-state index in [1.54, 1.807) is 11.3 Å². The van der Waals surface area contributed by atoms with Gasteiger partial charge in [-0.3, -0.25) is 4.90 Å². The Morgan fingerprint density at radius 1 is 1.12 bits per heavy atom. The van der Waals surface area contributed by atoms with Crippen LogP contribution in [-0.2, 0) is 6.54 Å². The third-order valence-corrected chi connectivity index (χ3v) is 6.20. The molecule has 0 saturated carbocycles. The monoisotopic (exact) mass is 363 g/mol. The van der Waals surface area contributed by atoms with Gasteiger partial charge < -0.3 is 5.32 Å². The Labute approximate surface area is 154 Å². The Kier molecular flexibility index (Phi) is 6.28. The summed E-state index contributed by atoms with van der Waals surface area (Å²) in [6.07, 6.45) is 5.43. The Balaban J connectivity index is 0.00000169. The van der Waals surface area contributed by atoms with Crippen molar-refractivity contribution in [1.29, 1.82) is 0 Å². The van der Waals surface area contributed by atoms with Gasteiger partial charge in [-0.05, 0) is 51.2 Å². The molecule has 24 heavy (non-hydrogen) atoms. The second kappa shape index (κ2) is 8.43. The Bertz CT molecular complexity index is 617. The second-order valence-corrected chi connectivity index (χ2v) is 7.68. The van der Waals surface area contributed by atoms with Gasteiger partial charge >= 0.3 is 0 Å². The van der Waals surface area contributed by atoms with Gasteiger partial charge in [-0.15, -0.1) is 23.7 Å². The van der Waals surface area contributed by atoms with Crippen LogP contribution in [0.15, 0.2) is 35.7 Å². The van der Waals surface area contributed by atoms with Crippen molar-refractivity contribution in [2.75, 3.05) is 19.6 Å². The SMILES string of the molecule is Cl.c1ccc(-c2nc(CN3CCC(C4CCCN4)CC3)cs2)cc1. The van der Waals surface area contributed by atoms with Crippen LogP contribution >= 0.6 is 23.7 Å². The zero-order chi connectivity index (χ0) is 15.5. The Hall–Kier alpha value is -0.940. The first-order valence-electron chi connectivity index (χ1n) is 8.84. The summed E-state index contributed by atoms with van der Waals surface area (Å²) in [7, 11) is 0. The lowest BCUT2D eigenvalue weighted by atomic mass is 9.88. The summed E-state index contributed by atoms with van der Waals surface area (Å²) < 4.78 is 0. The first kappa shape index (κ1) is 17.9. The van der Waals surface area contributed by atoms with Gasteiger partial charge in [-0.25, -0.2) is 4.98 Å². The summed E-state index contributed by atoms with van der Waals surface area (Å²) in [5.74, 6) is 0.893. The van der Waals surface area contributed by atoms with Gasteiger partial charge in [0, 0.05) is 23.5 Å². The third kappa shape index (κ3) is 4.17.